The number of anilines is 2. The van der Waals surface area contributed by atoms with Gasteiger partial charge in [0.1, 0.15) is 28.5 Å². The summed E-state index contributed by atoms with van der Waals surface area (Å²) >= 11 is 0. The maximum atomic E-state index is 13.7. The minimum atomic E-state index is -1.55. The summed E-state index contributed by atoms with van der Waals surface area (Å²) < 4.78 is 37.0. The molecule has 0 spiro atoms. The Labute approximate surface area is 155 Å². The van der Waals surface area contributed by atoms with Crippen molar-refractivity contribution in [2.75, 3.05) is 24.9 Å². The van der Waals surface area contributed by atoms with E-state index in [2.05, 4.69) is 10.6 Å². The molecular formula is C19H20F2N2O4. The molecule has 2 amide bonds. The topological polar surface area (TPSA) is 76.7 Å². The lowest BCUT2D eigenvalue weighted by molar-refractivity contribution is -0.135. The number of nitrogens with one attached hydrogen (secondary N) is 2. The van der Waals surface area contributed by atoms with E-state index in [9.17, 15) is 18.4 Å². The van der Waals surface area contributed by atoms with Gasteiger partial charge in [-0.2, -0.15) is 0 Å². The molecule has 0 bridgehead atoms. The Balaban J connectivity index is 2.17. The molecule has 0 aromatic heterocycles. The second kappa shape index (κ2) is 8.03. The highest BCUT2D eigenvalue weighted by atomic mass is 19.1. The molecule has 0 unspecified atom stereocenters. The Morgan fingerprint density at radius 3 is 2.04 bits per heavy atom. The molecule has 2 aromatic rings. The molecule has 0 fully saturated rings. The summed E-state index contributed by atoms with van der Waals surface area (Å²) in [5, 5.41) is 4.91. The van der Waals surface area contributed by atoms with E-state index in [0.717, 1.165) is 12.1 Å². The van der Waals surface area contributed by atoms with Gasteiger partial charge >= 0.3 is 0 Å². The highest BCUT2D eigenvalue weighted by molar-refractivity contribution is 6.14. The van der Waals surface area contributed by atoms with Gasteiger partial charge in [-0.25, -0.2) is 8.78 Å². The van der Waals surface area contributed by atoms with Crippen LogP contribution in [0.4, 0.5) is 20.2 Å². The number of amides is 2. The minimum Gasteiger partial charge on any atom is -0.497 e. The molecule has 0 heterocycles. The van der Waals surface area contributed by atoms with Crippen molar-refractivity contribution >= 4 is 23.2 Å². The van der Waals surface area contributed by atoms with Gasteiger partial charge in [-0.1, -0.05) is 0 Å². The minimum absolute atomic E-state index is 0.218. The molecule has 2 aromatic carbocycles. The van der Waals surface area contributed by atoms with E-state index in [-0.39, 0.29) is 5.69 Å². The van der Waals surface area contributed by atoms with Crippen molar-refractivity contribution in [3.05, 3.63) is 48.0 Å². The molecule has 27 heavy (non-hydrogen) atoms. The molecule has 0 aliphatic rings. The fourth-order valence-corrected chi connectivity index (χ4v) is 2.15. The Morgan fingerprint density at radius 1 is 0.889 bits per heavy atom. The molecule has 0 atom stereocenters. The van der Waals surface area contributed by atoms with Crippen LogP contribution in [0.3, 0.4) is 0 Å². The molecule has 0 aliphatic heterocycles. The largest absolute Gasteiger partial charge is 0.497 e. The molecule has 6 nitrogen and oxygen atoms in total. The molecule has 8 heteroatoms. The van der Waals surface area contributed by atoms with Crippen LogP contribution in [-0.2, 0) is 9.59 Å². The standard InChI is InChI=1S/C19H20F2N2O4/c1-19(2,17(24)22-14-7-5-11(20)9-13(14)21)18(25)23-15-8-6-12(26-3)10-16(15)27-4/h5-10H,1-4H3,(H,22,24)(H,23,25). The maximum absolute atomic E-state index is 13.7. The van der Waals surface area contributed by atoms with Crippen LogP contribution < -0.4 is 20.1 Å². The van der Waals surface area contributed by atoms with Crippen molar-refractivity contribution in [1.82, 2.24) is 0 Å². The van der Waals surface area contributed by atoms with Crippen LogP contribution in [0, 0.1) is 17.0 Å². The van der Waals surface area contributed by atoms with Gasteiger partial charge in [0.05, 0.1) is 25.6 Å². The van der Waals surface area contributed by atoms with Crippen molar-refractivity contribution < 1.29 is 27.8 Å². The molecule has 2 rings (SSSR count). The van der Waals surface area contributed by atoms with Gasteiger partial charge < -0.3 is 20.1 Å². The van der Waals surface area contributed by atoms with Crippen LogP contribution in [-0.4, -0.2) is 26.0 Å². The fraction of sp³-hybridized carbons (Fsp3) is 0.263. The van der Waals surface area contributed by atoms with Gasteiger partial charge in [-0.3, -0.25) is 9.59 Å². The van der Waals surface area contributed by atoms with E-state index >= 15 is 0 Å². The van der Waals surface area contributed by atoms with Crippen molar-refractivity contribution in [2.45, 2.75) is 13.8 Å². The predicted molar refractivity (Wildman–Crippen MR) is 96.9 cm³/mol. The number of benzene rings is 2. The van der Waals surface area contributed by atoms with Crippen LogP contribution in [0.5, 0.6) is 11.5 Å². The highest BCUT2D eigenvalue weighted by Gasteiger charge is 2.37. The molecular weight excluding hydrogens is 358 g/mol. The smallest absolute Gasteiger partial charge is 0.239 e. The average Bonchev–Trinajstić information content (AvgIpc) is 2.64. The van der Waals surface area contributed by atoms with E-state index in [1.165, 1.54) is 28.1 Å². The number of halogens is 2. The van der Waals surface area contributed by atoms with Crippen LogP contribution in [0.2, 0.25) is 0 Å². The Bertz CT molecular complexity index is 869. The third-order valence-electron chi connectivity index (χ3n) is 3.97. The highest BCUT2D eigenvalue weighted by Crippen LogP contribution is 2.31. The first-order valence-electron chi connectivity index (χ1n) is 7.99. The zero-order chi connectivity index (χ0) is 20.2. The summed E-state index contributed by atoms with van der Waals surface area (Å²) in [6, 6.07) is 7.51. The zero-order valence-corrected chi connectivity index (χ0v) is 15.4. The number of rotatable bonds is 6. The molecule has 0 radical (unpaired) electrons. The van der Waals surface area contributed by atoms with Crippen LogP contribution >= 0.6 is 0 Å². The number of methoxy groups -OCH3 is 2. The van der Waals surface area contributed by atoms with Gasteiger partial charge in [-0.05, 0) is 38.1 Å². The van der Waals surface area contributed by atoms with E-state index in [1.54, 1.807) is 18.2 Å². The average molecular weight is 378 g/mol. The van der Waals surface area contributed by atoms with Gasteiger partial charge in [0, 0.05) is 12.1 Å². The predicted octanol–water partition coefficient (Wildman–Crippen LogP) is 3.59. The van der Waals surface area contributed by atoms with Crippen molar-refractivity contribution in [2.24, 2.45) is 5.41 Å². The summed E-state index contributed by atoms with van der Waals surface area (Å²) in [6.07, 6.45) is 0. The molecule has 0 aliphatic carbocycles. The van der Waals surface area contributed by atoms with E-state index in [0.29, 0.717) is 23.3 Å². The summed E-state index contributed by atoms with van der Waals surface area (Å²) in [4.78, 5) is 25.1. The first kappa shape index (κ1) is 20.2. The monoisotopic (exact) mass is 378 g/mol. The third kappa shape index (κ3) is 4.52. The fourth-order valence-electron chi connectivity index (χ4n) is 2.15. The zero-order valence-electron chi connectivity index (χ0n) is 15.4. The van der Waals surface area contributed by atoms with Crippen LogP contribution in [0.1, 0.15) is 13.8 Å². The molecule has 2 N–H and O–H groups in total. The number of carbonyl (C=O) groups is 2. The third-order valence-corrected chi connectivity index (χ3v) is 3.97. The van der Waals surface area contributed by atoms with Crippen molar-refractivity contribution in [1.29, 1.82) is 0 Å². The van der Waals surface area contributed by atoms with E-state index in [1.807, 2.05) is 0 Å². The van der Waals surface area contributed by atoms with Crippen molar-refractivity contribution in [3.8, 4) is 11.5 Å². The first-order chi connectivity index (χ1) is 12.7. The summed E-state index contributed by atoms with van der Waals surface area (Å²) in [6.45, 7) is 2.77. The number of carbonyl (C=O) groups excluding carboxylic acids is 2. The quantitative estimate of drug-likeness (QED) is 0.754. The number of hydrogen-bond acceptors (Lipinski definition) is 4. The lowest BCUT2D eigenvalue weighted by Crippen LogP contribution is -2.41. The molecule has 0 saturated carbocycles. The van der Waals surface area contributed by atoms with Gasteiger partial charge in [0.2, 0.25) is 11.8 Å². The summed E-state index contributed by atoms with van der Waals surface area (Å²) in [5.41, 5.74) is -1.42. The van der Waals surface area contributed by atoms with Crippen molar-refractivity contribution in [3.63, 3.8) is 0 Å². The Kier molecular flexibility index (Phi) is 5.99. The number of hydrogen-bond donors (Lipinski definition) is 2. The van der Waals surface area contributed by atoms with E-state index in [4.69, 9.17) is 9.47 Å². The lowest BCUT2D eigenvalue weighted by atomic mass is 9.90. The van der Waals surface area contributed by atoms with Gasteiger partial charge in [0.25, 0.3) is 0 Å². The normalized spacial score (nSPS) is 10.9. The van der Waals surface area contributed by atoms with E-state index < -0.39 is 28.9 Å². The Hall–Kier alpha value is -3.16. The Morgan fingerprint density at radius 2 is 1.48 bits per heavy atom. The SMILES string of the molecule is COc1ccc(NC(=O)C(C)(C)C(=O)Nc2ccc(F)cc2F)c(OC)c1. The second-order valence-corrected chi connectivity index (χ2v) is 6.22. The van der Waals surface area contributed by atoms with Gasteiger partial charge in [-0.15, -0.1) is 0 Å². The maximum Gasteiger partial charge on any atom is 0.239 e. The molecule has 144 valence electrons. The lowest BCUT2D eigenvalue weighted by Gasteiger charge is -2.23. The first-order valence-corrected chi connectivity index (χ1v) is 7.99. The van der Waals surface area contributed by atoms with Gasteiger partial charge in [0.15, 0.2) is 0 Å². The summed E-state index contributed by atoms with van der Waals surface area (Å²) in [5.74, 6) is -2.20. The van der Waals surface area contributed by atoms with Crippen LogP contribution in [0.15, 0.2) is 36.4 Å². The summed E-state index contributed by atoms with van der Waals surface area (Å²) in [7, 11) is 2.93. The second-order valence-electron chi connectivity index (χ2n) is 6.22. The van der Waals surface area contributed by atoms with Crippen LogP contribution in [0.25, 0.3) is 0 Å². The molecule has 0 saturated heterocycles. The number of ether oxygens (including phenoxy) is 2.